The maximum Gasteiger partial charge on any atom is 0.282 e. The Morgan fingerprint density at radius 3 is 2.38 bits per heavy atom. The lowest BCUT2D eigenvalue weighted by atomic mass is 10.1. The second-order valence-corrected chi connectivity index (χ2v) is 4.71. The molecule has 0 aliphatic heterocycles. The van der Waals surface area contributed by atoms with Gasteiger partial charge in [-0.25, -0.2) is 10.8 Å². The molecule has 2 aromatic carbocycles. The van der Waals surface area contributed by atoms with E-state index in [2.05, 4.69) is 15.5 Å². The molecule has 0 aliphatic carbocycles. The monoisotopic (exact) mass is 277 g/mol. The minimum atomic E-state index is -0.210. The molecule has 2 heterocycles. The van der Waals surface area contributed by atoms with E-state index in [-0.39, 0.29) is 5.56 Å². The standard InChI is InChI=1S/C15H11N5O/c16-18-13-9-5-1-2-6-10(9)14-17-12-8-4-3-7-11(12)15(21)20(14)19-13/h1-8H,16H2,(H,18,19). The molecule has 0 saturated heterocycles. The molecule has 0 saturated carbocycles. The van der Waals surface area contributed by atoms with Crippen molar-refractivity contribution < 1.29 is 0 Å². The van der Waals surface area contributed by atoms with Crippen molar-refractivity contribution in [2.24, 2.45) is 5.84 Å². The van der Waals surface area contributed by atoms with Crippen LogP contribution in [0.4, 0.5) is 5.82 Å². The summed E-state index contributed by atoms with van der Waals surface area (Å²) in [6, 6.07) is 14.8. The largest absolute Gasteiger partial charge is 0.307 e. The molecule has 4 aromatic rings. The molecule has 0 radical (unpaired) electrons. The highest BCUT2D eigenvalue weighted by atomic mass is 16.1. The molecule has 21 heavy (non-hydrogen) atoms. The van der Waals surface area contributed by atoms with Crippen LogP contribution in [0, 0.1) is 0 Å². The van der Waals surface area contributed by atoms with Crippen molar-refractivity contribution in [1.82, 2.24) is 14.6 Å². The minimum Gasteiger partial charge on any atom is -0.307 e. The van der Waals surface area contributed by atoms with Crippen LogP contribution in [0.5, 0.6) is 0 Å². The number of fused-ring (bicyclic) bond motifs is 4. The van der Waals surface area contributed by atoms with Crippen LogP contribution in [0.1, 0.15) is 0 Å². The topological polar surface area (TPSA) is 85.3 Å². The smallest absolute Gasteiger partial charge is 0.282 e. The number of nitrogens with two attached hydrogens (primary N) is 1. The van der Waals surface area contributed by atoms with Gasteiger partial charge in [0.15, 0.2) is 11.5 Å². The number of rotatable bonds is 1. The van der Waals surface area contributed by atoms with E-state index in [4.69, 9.17) is 5.84 Å². The zero-order valence-electron chi connectivity index (χ0n) is 10.9. The van der Waals surface area contributed by atoms with Gasteiger partial charge in [-0.3, -0.25) is 4.79 Å². The summed E-state index contributed by atoms with van der Waals surface area (Å²) in [5, 5.41) is 6.45. The normalized spacial score (nSPS) is 11.3. The van der Waals surface area contributed by atoms with Crippen LogP contribution < -0.4 is 16.8 Å². The zero-order valence-corrected chi connectivity index (χ0v) is 10.9. The average Bonchev–Trinajstić information content (AvgIpc) is 2.55. The van der Waals surface area contributed by atoms with E-state index in [0.717, 1.165) is 10.8 Å². The first-order valence-electron chi connectivity index (χ1n) is 6.47. The second kappa shape index (κ2) is 4.26. The van der Waals surface area contributed by atoms with E-state index in [1.54, 1.807) is 12.1 Å². The third-order valence-electron chi connectivity index (χ3n) is 3.51. The van der Waals surface area contributed by atoms with Crippen LogP contribution in [0.3, 0.4) is 0 Å². The second-order valence-electron chi connectivity index (χ2n) is 4.71. The summed E-state index contributed by atoms with van der Waals surface area (Å²) in [5.41, 5.74) is 3.51. The fraction of sp³-hybridized carbons (Fsp3) is 0. The number of nitrogen functional groups attached to an aromatic ring is 1. The van der Waals surface area contributed by atoms with Crippen LogP contribution in [-0.2, 0) is 0 Å². The summed E-state index contributed by atoms with van der Waals surface area (Å²) in [5.74, 6) is 5.96. The fourth-order valence-electron chi connectivity index (χ4n) is 2.54. The van der Waals surface area contributed by atoms with E-state index in [0.29, 0.717) is 22.4 Å². The molecule has 0 atom stereocenters. The van der Waals surface area contributed by atoms with Crippen LogP contribution in [0.15, 0.2) is 53.3 Å². The molecule has 6 nitrogen and oxygen atoms in total. The summed E-state index contributed by atoms with van der Waals surface area (Å²) in [7, 11) is 0. The van der Waals surface area contributed by atoms with Gasteiger partial charge in [-0.15, -0.1) is 5.10 Å². The number of nitrogens with zero attached hydrogens (tertiary/aromatic N) is 3. The molecule has 0 unspecified atom stereocenters. The number of aromatic nitrogens is 3. The molecule has 0 fully saturated rings. The Kier molecular flexibility index (Phi) is 2.39. The third kappa shape index (κ3) is 1.60. The number of anilines is 1. The third-order valence-corrected chi connectivity index (χ3v) is 3.51. The molecular formula is C15H11N5O. The molecule has 3 N–H and O–H groups in total. The quantitative estimate of drug-likeness (QED) is 0.239. The highest BCUT2D eigenvalue weighted by molar-refractivity contribution is 6.01. The van der Waals surface area contributed by atoms with E-state index in [1.165, 1.54) is 4.52 Å². The number of nitrogens with one attached hydrogen (secondary N) is 1. The number of hydrogen-bond acceptors (Lipinski definition) is 5. The highest BCUT2D eigenvalue weighted by Crippen LogP contribution is 2.23. The lowest BCUT2D eigenvalue weighted by molar-refractivity contribution is 0.892. The van der Waals surface area contributed by atoms with E-state index < -0.39 is 0 Å². The van der Waals surface area contributed by atoms with Gasteiger partial charge in [0.25, 0.3) is 5.56 Å². The summed E-state index contributed by atoms with van der Waals surface area (Å²) < 4.78 is 1.29. The Hall–Kier alpha value is -2.99. The van der Waals surface area contributed by atoms with Crippen molar-refractivity contribution in [3.8, 4) is 0 Å². The summed E-state index contributed by atoms with van der Waals surface area (Å²) >= 11 is 0. The predicted molar refractivity (Wildman–Crippen MR) is 82.1 cm³/mol. The number of para-hydroxylation sites is 1. The first-order chi connectivity index (χ1) is 10.3. The molecule has 2 aromatic heterocycles. The summed E-state index contributed by atoms with van der Waals surface area (Å²) in [4.78, 5) is 17.2. The van der Waals surface area contributed by atoms with Crippen LogP contribution in [0.2, 0.25) is 0 Å². The first kappa shape index (κ1) is 11.8. The van der Waals surface area contributed by atoms with Crippen LogP contribution >= 0.6 is 0 Å². The SMILES string of the molecule is NNc1nn2c(=O)c3ccccc3nc2c2ccccc12. The van der Waals surface area contributed by atoms with E-state index in [1.807, 2.05) is 36.4 Å². The summed E-state index contributed by atoms with van der Waals surface area (Å²) in [6.45, 7) is 0. The van der Waals surface area contributed by atoms with Gasteiger partial charge in [-0.05, 0) is 12.1 Å². The Morgan fingerprint density at radius 1 is 0.952 bits per heavy atom. The Labute approximate surface area is 118 Å². The van der Waals surface area contributed by atoms with Crippen molar-refractivity contribution in [2.75, 3.05) is 5.43 Å². The number of hydrogen-bond donors (Lipinski definition) is 2. The number of benzene rings is 2. The Morgan fingerprint density at radius 2 is 1.62 bits per heavy atom. The first-order valence-corrected chi connectivity index (χ1v) is 6.47. The molecule has 0 spiro atoms. The lowest BCUT2D eigenvalue weighted by Gasteiger charge is -2.09. The molecule has 0 aliphatic rings. The van der Waals surface area contributed by atoms with Gasteiger partial charge >= 0.3 is 0 Å². The van der Waals surface area contributed by atoms with Crippen molar-refractivity contribution in [3.05, 3.63) is 58.9 Å². The van der Waals surface area contributed by atoms with Gasteiger partial charge in [0.1, 0.15) is 0 Å². The summed E-state index contributed by atoms with van der Waals surface area (Å²) in [6.07, 6.45) is 0. The van der Waals surface area contributed by atoms with Gasteiger partial charge in [-0.1, -0.05) is 36.4 Å². The van der Waals surface area contributed by atoms with Crippen molar-refractivity contribution in [3.63, 3.8) is 0 Å². The van der Waals surface area contributed by atoms with Crippen LogP contribution in [-0.4, -0.2) is 14.6 Å². The Balaban J connectivity index is 2.34. The average molecular weight is 277 g/mol. The number of hydrazine groups is 1. The molecule has 102 valence electrons. The fourth-order valence-corrected chi connectivity index (χ4v) is 2.54. The van der Waals surface area contributed by atoms with Crippen LogP contribution in [0.25, 0.3) is 27.3 Å². The molecule has 0 bridgehead atoms. The molecular weight excluding hydrogens is 266 g/mol. The highest BCUT2D eigenvalue weighted by Gasteiger charge is 2.12. The van der Waals surface area contributed by atoms with Gasteiger partial charge in [-0.2, -0.15) is 4.52 Å². The lowest BCUT2D eigenvalue weighted by Crippen LogP contribution is -2.21. The van der Waals surface area contributed by atoms with Gasteiger partial charge < -0.3 is 5.43 Å². The van der Waals surface area contributed by atoms with E-state index in [9.17, 15) is 4.79 Å². The van der Waals surface area contributed by atoms with E-state index >= 15 is 0 Å². The Bertz CT molecular complexity index is 1050. The van der Waals surface area contributed by atoms with Crippen molar-refractivity contribution >= 4 is 33.1 Å². The molecule has 0 amide bonds. The zero-order chi connectivity index (χ0) is 14.4. The molecule has 4 rings (SSSR count). The van der Waals surface area contributed by atoms with Gasteiger partial charge in [0, 0.05) is 10.8 Å². The van der Waals surface area contributed by atoms with Gasteiger partial charge in [0.2, 0.25) is 0 Å². The van der Waals surface area contributed by atoms with Crippen molar-refractivity contribution in [2.45, 2.75) is 0 Å². The minimum absolute atomic E-state index is 0.210. The predicted octanol–water partition coefficient (Wildman–Crippen LogP) is 1.68. The molecule has 6 heteroatoms. The maximum atomic E-state index is 12.6. The van der Waals surface area contributed by atoms with Gasteiger partial charge in [0.05, 0.1) is 10.9 Å². The maximum absolute atomic E-state index is 12.6. The van der Waals surface area contributed by atoms with Crippen molar-refractivity contribution in [1.29, 1.82) is 0 Å².